The fourth-order valence-electron chi connectivity index (χ4n) is 0. The smallest absolute Gasteiger partial charge is 3.00 e. The molecule has 0 N–H and O–H groups in total. The fourth-order valence-corrected chi connectivity index (χ4v) is 0. The van der Waals surface area contributed by atoms with Gasteiger partial charge in [-0.3, -0.25) is 0 Å². The molecule has 0 amide bonds. The summed E-state index contributed by atoms with van der Waals surface area (Å²) >= 11 is 0. The van der Waals surface area contributed by atoms with Gasteiger partial charge in [0.05, 0.1) is 0 Å². The molecule has 0 aliphatic rings. The molecule has 0 unspecified atom stereocenters. The Morgan fingerprint density at radius 1 is 0.217 bits per heavy atom. The van der Waals surface area contributed by atoms with Gasteiger partial charge in [-0.25, -0.2) is 0 Å². The summed E-state index contributed by atoms with van der Waals surface area (Å²) < 4.78 is 178. The van der Waals surface area contributed by atoms with Crippen LogP contribution in [0.25, 0.3) is 0 Å². The van der Waals surface area contributed by atoms with Crippen LogP contribution in [-0.4, -0.2) is 25.9 Å². The first kappa shape index (κ1) is 34.7. The molecule has 0 atom stereocenters. The molecule has 150 valence electrons. The van der Waals surface area contributed by atoms with Crippen molar-refractivity contribution in [1.29, 1.82) is 0 Å². The van der Waals surface area contributed by atoms with Crippen molar-refractivity contribution < 1.29 is 109 Å². The van der Waals surface area contributed by atoms with Crippen molar-refractivity contribution in [3.63, 3.8) is 0 Å². The Hall–Kier alpha value is 0.456. The predicted octanol–water partition coefficient (Wildman–Crippen LogP) is 6.42. The van der Waals surface area contributed by atoms with Crippen molar-refractivity contribution >= 4 is 25.9 Å². The molecule has 0 aliphatic heterocycles. The molecular weight excluding hydrogens is 530 g/mol. The number of halogens is 18. The summed E-state index contributed by atoms with van der Waals surface area (Å²) in [4.78, 5) is 0. The third kappa shape index (κ3) is 45300. The SMILES string of the molecule is F[Si-2](F)(F)(F)(F)F.F[Si-2](F)(F)(F)(F)F.F[Si-2](F)(F)(F)(F)F.[Cr+3].[Cr+3]. The first-order valence-electron chi connectivity index (χ1n) is 3.40. The number of hydrogen-bond acceptors (Lipinski definition) is 0. The van der Waals surface area contributed by atoms with Crippen LogP contribution in [0.2, 0.25) is 0 Å². The summed E-state index contributed by atoms with van der Waals surface area (Å²) in [5.74, 6) is 0. The molecule has 0 bridgehead atoms. The molecule has 0 aromatic heterocycles. The van der Waals surface area contributed by atoms with Crippen LogP contribution >= 0.6 is 0 Å². The maximum atomic E-state index is 9.88. The summed E-state index contributed by atoms with van der Waals surface area (Å²) in [6.07, 6.45) is 0. The summed E-state index contributed by atoms with van der Waals surface area (Å²) in [5, 5.41) is 0. The Bertz CT molecular complexity index is 269. The quantitative estimate of drug-likeness (QED) is 0.193. The van der Waals surface area contributed by atoms with Crippen LogP contribution < -0.4 is 0 Å². The normalized spacial score (nSPS) is 21.1. The Morgan fingerprint density at radius 2 is 0.217 bits per heavy atom. The molecule has 0 fully saturated rings. The van der Waals surface area contributed by atoms with E-state index in [1.807, 2.05) is 0 Å². The van der Waals surface area contributed by atoms with Gasteiger partial charge in [0.2, 0.25) is 0 Å². The van der Waals surface area contributed by atoms with E-state index in [-0.39, 0.29) is 34.7 Å². The summed E-state index contributed by atoms with van der Waals surface area (Å²) in [6.45, 7) is 0. The Labute approximate surface area is 135 Å². The molecule has 0 saturated heterocycles. The zero-order chi connectivity index (χ0) is 19.2. The maximum absolute atomic E-state index is 10.8. The second-order valence-corrected chi connectivity index (χ2v) is 9.64. The van der Waals surface area contributed by atoms with Crippen molar-refractivity contribution in [3.8, 4) is 0 Å². The Balaban J connectivity index is -0.0000000675. The third-order valence-electron chi connectivity index (χ3n) is 0. The number of hydrogen-bond donors (Lipinski definition) is 0. The van der Waals surface area contributed by atoms with E-state index < -0.39 is 25.9 Å². The molecule has 0 aromatic rings. The van der Waals surface area contributed by atoms with Gasteiger partial charge in [0.15, 0.2) is 0 Å². The Kier molecular flexibility index (Phi) is 7.55. The molecule has 0 heterocycles. The van der Waals surface area contributed by atoms with Gasteiger partial charge >= 0.3 is 135 Å². The summed E-state index contributed by atoms with van der Waals surface area (Å²) in [6, 6.07) is 0. The third-order valence-corrected chi connectivity index (χ3v) is 0. The molecule has 0 saturated carbocycles. The monoisotopic (exact) mass is 530 g/mol. The molecule has 2 radical (unpaired) electrons. The topological polar surface area (TPSA) is 0 Å². The molecule has 23 heavy (non-hydrogen) atoms. The predicted molar refractivity (Wildman–Crippen MR) is 37.2 cm³/mol. The van der Waals surface area contributed by atoms with Gasteiger partial charge < -0.3 is 0 Å². The van der Waals surface area contributed by atoms with Gasteiger partial charge in [0.1, 0.15) is 0 Å². The van der Waals surface area contributed by atoms with Crippen LogP contribution in [0.1, 0.15) is 0 Å². The zero-order valence-corrected chi connectivity index (χ0v) is 14.7. The molecular formula is Cr2F18Si3. The second-order valence-electron chi connectivity index (χ2n) is 3.21. The standard InChI is InChI=1S/2Cr.3F6Si/c;;3*1-7(2,3,4,5)6/q2*+3;3*-2. The van der Waals surface area contributed by atoms with Crippen LogP contribution in [0.3, 0.4) is 0 Å². The average Bonchev–Trinajstić information content (AvgIpc) is 1.19. The van der Waals surface area contributed by atoms with E-state index in [9.17, 15) is 73.9 Å². The van der Waals surface area contributed by atoms with Crippen molar-refractivity contribution in [2.45, 2.75) is 0 Å². The largest absolute Gasteiger partial charge is 3.00 e. The second kappa shape index (κ2) is 5.00. The van der Waals surface area contributed by atoms with Crippen LogP contribution in [0, 0.1) is 0 Å². The van der Waals surface area contributed by atoms with Gasteiger partial charge in [-0.15, -0.1) is 0 Å². The molecule has 0 aromatic carbocycles. The van der Waals surface area contributed by atoms with Gasteiger partial charge in [-0.2, -0.15) is 0 Å². The molecule has 0 aliphatic carbocycles. The van der Waals surface area contributed by atoms with E-state index in [1.165, 1.54) is 0 Å². The molecule has 23 heteroatoms. The van der Waals surface area contributed by atoms with Crippen LogP contribution in [0.4, 0.5) is 73.9 Å². The number of rotatable bonds is 0. The minimum atomic E-state index is -10.8. The van der Waals surface area contributed by atoms with Gasteiger partial charge in [-0.05, 0) is 0 Å². The zero-order valence-electron chi connectivity index (χ0n) is 9.12. The van der Waals surface area contributed by atoms with E-state index in [0.717, 1.165) is 0 Å². The van der Waals surface area contributed by atoms with E-state index in [2.05, 4.69) is 0 Å². The van der Waals surface area contributed by atoms with Crippen molar-refractivity contribution in [2.24, 2.45) is 0 Å². The van der Waals surface area contributed by atoms with Crippen LogP contribution in [-0.2, 0) is 34.7 Å². The molecule has 0 rings (SSSR count). The maximum Gasteiger partial charge on any atom is 3.00 e. The molecule has 0 spiro atoms. The fraction of sp³-hybridized carbons (Fsp3) is 0. The minimum Gasteiger partial charge on any atom is 3.00 e. The van der Waals surface area contributed by atoms with E-state index in [0.29, 0.717) is 0 Å². The van der Waals surface area contributed by atoms with E-state index in [1.54, 1.807) is 0 Å². The Morgan fingerprint density at radius 3 is 0.217 bits per heavy atom. The van der Waals surface area contributed by atoms with Crippen molar-refractivity contribution in [3.05, 3.63) is 0 Å². The van der Waals surface area contributed by atoms with Gasteiger partial charge in [-0.1, -0.05) is 0 Å². The van der Waals surface area contributed by atoms with Crippen molar-refractivity contribution in [2.75, 3.05) is 0 Å². The van der Waals surface area contributed by atoms with Crippen LogP contribution in [0.5, 0.6) is 0 Å². The summed E-state index contributed by atoms with van der Waals surface area (Å²) in [5.41, 5.74) is 0. The van der Waals surface area contributed by atoms with E-state index in [4.69, 9.17) is 0 Å². The van der Waals surface area contributed by atoms with Gasteiger partial charge in [0, 0.05) is 0 Å². The minimum absolute atomic E-state index is 0. The van der Waals surface area contributed by atoms with Crippen molar-refractivity contribution in [1.82, 2.24) is 0 Å². The van der Waals surface area contributed by atoms with Crippen LogP contribution in [0.15, 0.2) is 0 Å². The average molecular weight is 530 g/mol. The first-order chi connectivity index (χ1) is 7.35. The summed E-state index contributed by atoms with van der Waals surface area (Å²) in [7, 11) is -32.5. The van der Waals surface area contributed by atoms with E-state index >= 15 is 0 Å². The van der Waals surface area contributed by atoms with Gasteiger partial charge in [0.25, 0.3) is 0 Å². The first-order valence-corrected chi connectivity index (χ1v) is 10.2. The molecule has 0 nitrogen and oxygen atoms in total.